The molecule has 0 heterocycles. The summed E-state index contributed by atoms with van der Waals surface area (Å²) >= 11 is 0. The molecule has 0 atom stereocenters. The van der Waals surface area contributed by atoms with Gasteiger partial charge in [0.25, 0.3) is 0 Å². The number of hydrogen-bond acceptors (Lipinski definition) is 3. The van der Waals surface area contributed by atoms with Crippen LogP contribution in [0.1, 0.15) is 5.56 Å². The number of methoxy groups -OCH3 is 1. The van der Waals surface area contributed by atoms with Crippen LogP contribution in [-0.2, 0) is 6.61 Å². The first-order valence-electron chi connectivity index (χ1n) is 3.90. The van der Waals surface area contributed by atoms with E-state index in [9.17, 15) is 8.78 Å². The van der Waals surface area contributed by atoms with Gasteiger partial charge >= 0.3 is 6.61 Å². The van der Waals surface area contributed by atoms with Crippen LogP contribution in [0.3, 0.4) is 0 Å². The molecule has 0 aromatic heterocycles. The van der Waals surface area contributed by atoms with Gasteiger partial charge in [-0.05, 0) is 12.1 Å². The van der Waals surface area contributed by atoms with Gasteiger partial charge in [0.05, 0.1) is 13.7 Å². The van der Waals surface area contributed by atoms with Crippen molar-refractivity contribution in [3.05, 3.63) is 23.8 Å². The second-order valence-electron chi connectivity index (χ2n) is 2.51. The van der Waals surface area contributed by atoms with Crippen molar-refractivity contribution in [3.63, 3.8) is 0 Å². The monoisotopic (exact) mass is 204 g/mol. The molecule has 0 aliphatic carbocycles. The summed E-state index contributed by atoms with van der Waals surface area (Å²) in [5.74, 6) is 0.333. The van der Waals surface area contributed by atoms with E-state index in [0.717, 1.165) is 0 Å². The lowest BCUT2D eigenvalue weighted by Gasteiger charge is -2.10. The molecule has 3 nitrogen and oxygen atoms in total. The molecule has 0 bridgehead atoms. The van der Waals surface area contributed by atoms with Gasteiger partial charge in [-0.25, -0.2) is 0 Å². The van der Waals surface area contributed by atoms with Crippen LogP contribution in [0.15, 0.2) is 18.2 Å². The summed E-state index contributed by atoms with van der Waals surface area (Å²) in [7, 11) is 1.42. The Morgan fingerprint density at radius 2 is 2.14 bits per heavy atom. The molecular weight excluding hydrogens is 194 g/mol. The van der Waals surface area contributed by atoms with Crippen LogP contribution >= 0.6 is 0 Å². The summed E-state index contributed by atoms with van der Waals surface area (Å²) in [5.41, 5.74) is 0.297. The van der Waals surface area contributed by atoms with E-state index in [4.69, 9.17) is 9.84 Å². The summed E-state index contributed by atoms with van der Waals surface area (Å²) < 4.78 is 32.9. The van der Waals surface area contributed by atoms with Crippen molar-refractivity contribution in [1.29, 1.82) is 0 Å². The molecule has 0 fully saturated rings. The third-order valence-electron chi connectivity index (χ3n) is 1.66. The van der Waals surface area contributed by atoms with E-state index in [1.807, 2.05) is 0 Å². The zero-order valence-corrected chi connectivity index (χ0v) is 7.54. The van der Waals surface area contributed by atoms with Crippen LogP contribution < -0.4 is 9.47 Å². The Bertz CT molecular complexity index is 302. The summed E-state index contributed by atoms with van der Waals surface area (Å²) in [4.78, 5) is 0. The summed E-state index contributed by atoms with van der Waals surface area (Å²) in [6, 6.07) is 4.33. The predicted molar refractivity (Wildman–Crippen MR) is 45.5 cm³/mol. The predicted octanol–water partition coefficient (Wildman–Crippen LogP) is 1.79. The fourth-order valence-corrected chi connectivity index (χ4v) is 0.998. The number of hydrogen-bond donors (Lipinski definition) is 1. The van der Waals surface area contributed by atoms with Gasteiger partial charge in [-0.1, -0.05) is 0 Å². The minimum absolute atomic E-state index is 0.0677. The lowest BCUT2D eigenvalue weighted by atomic mass is 10.2. The molecule has 1 aromatic rings. The maximum Gasteiger partial charge on any atom is 0.387 e. The number of benzene rings is 1. The summed E-state index contributed by atoms with van der Waals surface area (Å²) in [5, 5.41) is 8.83. The van der Waals surface area contributed by atoms with E-state index in [2.05, 4.69) is 4.74 Å². The van der Waals surface area contributed by atoms with Crippen molar-refractivity contribution in [2.45, 2.75) is 13.2 Å². The lowest BCUT2D eigenvalue weighted by Crippen LogP contribution is -2.04. The molecule has 0 aliphatic heterocycles. The van der Waals surface area contributed by atoms with Crippen molar-refractivity contribution in [2.24, 2.45) is 0 Å². The van der Waals surface area contributed by atoms with Crippen LogP contribution in [0, 0.1) is 0 Å². The number of aliphatic hydroxyl groups is 1. The van der Waals surface area contributed by atoms with E-state index in [-0.39, 0.29) is 12.4 Å². The van der Waals surface area contributed by atoms with Crippen molar-refractivity contribution < 1.29 is 23.4 Å². The van der Waals surface area contributed by atoms with Crippen LogP contribution in [-0.4, -0.2) is 18.8 Å². The molecule has 1 N–H and O–H groups in total. The topological polar surface area (TPSA) is 38.7 Å². The quantitative estimate of drug-likeness (QED) is 0.812. The first-order chi connectivity index (χ1) is 6.67. The van der Waals surface area contributed by atoms with Gasteiger partial charge in [0.2, 0.25) is 0 Å². The van der Waals surface area contributed by atoms with Crippen LogP contribution in [0.4, 0.5) is 8.78 Å². The zero-order chi connectivity index (χ0) is 10.6. The zero-order valence-electron chi connectivity index (χ0n) is 7.54. The number of ether oxygens (including phenoxy) is 2. The third-order valence-corrected chi connectivity index (χ3v) is 1.66. The largest absolute Gasteiger partial charge is 0.497 e. The van der Waals surface area contributed by atoms with Gasteiger partial charge in [-0.15, -0.1) is 0 Å². The van der Waals surface area contributed by atoms with E-state index >= 15 is 0 Å². The van der Waals surface area contributed by atoms with Gasteiger partial charge in [-0.3, -0.25) is 0 Å². The number of alkyl halides is 2. The number of aliphatic hydroxyl groups excluding tert-OH is 1. The molecule has 1 rings (SSSR count). The van der Waals surface area contributed by atoms with Gasteiger partial charge in [0.15, 0.2) is 0 Å². The fourth-order valence-electron chi connectivity index (χ4n) is 0.998. The number of rotatable bonds is 4. The average molecular weight is 204 g/mol. The van der Waals surface area contributed by atoms with E-state index < -0.39 is 6.61 Å². The minimum atomic E-state index is -2.91. The third kappa shape index (κ3) is 2.56. The minimum Gasteiger partial charge on any atom is -0.497 e. The second kappa shape index (κ2) is 4.76. The SMILES string of the molecule is COc1ccc(CO)c(OC(F)F)c1. The molecule has 14 heavy (non-hydrogen) atoms. The van der Waals surface area contributed by atoms with Crippen LogP contribution in [0.5, 0.6) is 11.5 Å². The normalized spacial score (nSPS) is 10.4. The Morgan fingerprint density at radius 1 is 1.43 bits per heavy atom. The second-order valence-corrected chi connectivity index (χ2v) is 2.51. The average Bonchev–Trinajstić information content (AvgIpc) is 2.16. The molecule has 0 saturated heterocycles. The highest BCUT2D eigenvalue weighted by molar-refractivity contribution is 5.40. The van der Waals surface area contributed by atoms with Crippen molar-refractivity contribution in [2.75, 3.05) is 7.11 Å². The molecule has 0 spiro atoms. The fraction of sp³-hybridized carbons (Fsp3) is 0.333. The van der Waals surface area contributed by atoms with Gasteiger partial charge in [0, 0.05) is 11.6 Å². The molecule has 0 radical (unpaired) electrons. The van der Waals surface area contributed by atoms with Gasteiger partial charge in [-0.2, -0.15) is 8.78 Å². The highest BCUT2D eigenvalue weighted by Crippen LogP contribution is 2.26. The molecule has 5 heteroatoms. The highest BCUT2D eigenvalue weighted by Gasteiger charge is 2.10. The molecule has 0 unspecified atom stereocenters. The lowest BCUT2D eigenvalue weighted by molar-refractivity contribution is -0.0510. The van der Waals surface area contributed by atoms with Crippen molar-refractivity contribution in [1.82, 2.24) is 0 Å². The van der Waals surface area contributed by atoms with Crippen molar-refractivity contribution in [3.8, 4) is 11.5 Å². The Labute approximate surface area is 79.9 Å². The number of halogens is 2. The summed E-state index contributed by atoms with van der Waals surface area (Å²) in [6.07, 6.45) is 0. The maximum absolute atomic E-state index is 11.9. The van der Waals surface area contributed by atoms with Crippen LogP contribution in [0.25, 0.3) is 0 Å². The van der Waals surface area contributed by atoms with Gasteiger partial charge < -0.3 is 14.6 Å². The van der Waals surface area contributed by atoms with E-state index in [0.29, 0.717) is 11.3 Å². The standard InChI is InChI=1S/C9H10F2O3/c1-13-7-3-2-6(5-12)8(4-7)14-9(10)11/h2-4,9,12H,5H2,1H3. The summed E-state index contributed by atoms with van der Waals surface area (Å²) in [6.45, 7) is -3.26. The molecule has 0 saturated carbocycles. The van der Waals surface area contributed by atoms with Crippen molar-refractivity contribution >= 4 is 0 Å². The maximum atomic E-state index is 11.9. The molecular formula is C9H10F2O3. The Hall–Kier alpha value is -1.36. The molecule has 0 aliphatic rings. The molecule has 78 valence electrons. The van der Waals surface area contributed by atoms with E-state index in [1.165, 1.54) is 19.2 Å². The Balaban J connectivity index is 2.96. The van der Waals surface area contributed by atoms with Gasteiger partial charge in [0.1, 0.15) is 11.5 Å². The van der Waals surface area contributed by atoms with E-state index in [1.54, 1.807) is 6.07 Å². The first kappa shape index (κ1) is 10.7. The Kier molecular flexibility index (Phi) is 3.64. The Morgan fingerprint density at radius 3 is 2.64 bits per heavy atom. The molecule has 0 amide bonds. The first-order valence-corrected chi connectivity index (χ1v) is 3.90. The molecule has 1 aromatic carbocycles. The highest BCUT2D eigenvalue weighted by atomic mass is 19.3. The smallest absolute Gasteiger partial charge is 0.387 e. The van der Waals surface area contributed by atoms with Crippen LogP contribution in [0.2, 0.25) is 0 Å².